The molecular weight excluding hydrogens is 408 g/mol. The number of aromatic nitrogens is 1. The van der Waals surface area contributed by atoms with Gasteiger partial charge >= 0.3 is 0 Å². The summed E-state index contributed by atoms with van der Waals surface area (Å²) in [7, 11) is 0. The Morgan fingerprint density at radius 2 is 1.81 bits per heavy atom. The second-order valence-electron chi connectivity index (χ2n) is 7.63. The number of nitrogens with zero attached hydrogens (tertiary/aromatic N) is 3. The van der Waals surface area contributed by atoms with E-state index in [4.69, 9.17) is 16.0 Å². The minimum atomic E-state index is 0.164. The normalized spacial score (nSPS) is 15.6. The number of hydrogen-bond acceptors (Lipinski definition) is 5. The fourth-order valence-corrected chi connectivity index (χ4v) is 4.02. The second-order valence-corrected chi connectivity index (χ2v) is 8.07. The van der Waals surface area contributed by atoms with E-state index in [0.717, 1.165) is 23.7 Å². The summed E-state index contributed by atoms with van der Waals surface area (Å²) in [6.45, 7) is 2.73. The SMILES string of the molecule is N#Cc1nc(C=Cc2ccccc2)oc1NCC(c1ccc(Cl)cc1)N1CCCCC1. The summed E-state index contributed by atoms with van der Waals surface area (Å²) in [5.74, 6) is 0.815. The Kier molecular flexibility index (Phi) is 7.03. The first-order valence-corrected chi connectivity index (χ1v) is 11.0. The summed E-state index contributed by atoms with van der Waals surface area (Å²) in [4.78, 5) is 6.79. The van der Waals surface area contributed by atoms with Crippen molar-refractivity contribution >= 4 is 29.6 Å². The van der Waals surface area contributed by atoms with Crippen molar-refractivity contribution < 1.29 is 4.42 Å². The van der Waals surface area contributed by atoms with Crippen molar-refractivity contribution in [3.8, 4) is 6.07 Å². The van der Waals surface area contributed by atoms with Gasteiger partial charge in [0.15, 0.2) is 0 Å². The molecule has 0 saturated carbocycles. The maximum atomic E-state index is 9.52. The number of hydrogen-bond donors (Lipinski definition) is 1. The molecule has 1 N–H and O–H groups in total. The van der Waals surface area contributed by atoms with Gasteiger partial charge in [0.25, 0.3) is 0 Å². The zero-order valence-corrected chi connectivity index (χ0v) is 18.1. The average molecular weight is 433 g/mol. The van der Waals surface area contributed by atoms with Crippen LogP contribution >= 0.6 is 11.6 Å². The fraction of sp³-hybridized carbons (Fsp3) is 0.280. The molecule has 0 spiro atoms. The van der Waals surface area contributed by atoms with Crippen molar-refractivity contribution in [1.29, 1.82) is 5.26 Å². The Hall–Kier alpha value is -3.07. The van der Waals surface area contributed by atoms with Crippen LogP contribution in [0.5, 0.6) is 0 Å². The number of oxazole rings is 1. The quantitative estimate of drug-likeness (QED) is 0.495. The van der Waals surface area contributed by atoms with Gasteiger partial charge in [-0.25, -0.2) is 0 Å². The topological polar surface area (TPSA) is 65.1 Å². The van der Waals surface area contributed by atoms with E-state index in [1.165, 1.54) is 24.8 Å². The summed E-state index contributed by atoms with van der Waals surface area (Å²) in [5, 5.41) is 13.6. The first kappa shape index (κ1) is 21.2. The number of likely N-dealkylation sites (tertiary alicyclic amines) is 1. The molecule has 0 bridgehead atoms. The third kappa shape index (κ3) is 5.55. The average Bonchev–Trinajstić information content (AvgIpc) is 3.22. The molecule has 6 heteroatoms. The Labute approximate surface area is 188 Å². The Balaban J connectivity index is 1.51. The molecule has 1 atom stereocenters. The summed E-state index contributed by atoms with van der Waals surface area (Å²) in [6.07, 6.45) is 7.37. The van der Waals surface area contributed by atoms with Gasteiger partial charge in [0.05, 0.1) is 6.04 Å². The maximum absolute atomic E-state index is 9.52. The number of benzene rings is 2. The lowest BCUT2D eigenvalue weighted by molar-refractivity contribution is 0.170. The molecule has 0 aliphatic carbocycles. The molecule has 0 amide bonds. The Morgan fingerprint density at radius 1 is 1.06 bits per heavy atom. The molecule has 1 aliphatic rings. The number of rotatable bonds is 7. The van der Waals surface area contributed by atoms with Gasteiger partial charge < -0.3 is 9.73 Å². The highest BCUT2D eigenvalue weighted by Gasteiger charge is 2.23. The van der Waals surface area contributed by atoms with E-state index in [2.05, 4.69) is 33.4 Å². The van der Waals surface area contributed by atoms with Crippen molar-refractivity contribution in [1.82, 2.24) is 9.88 Å². The zero-order chi connectivity index (χ0) is 21.5. The number of piperidine rings is 1. The summed E-state index contributed by atoms with van der Waals surface area (Å²) >= 11 is 6.10. The predicted octanol–water partition coefficient (Wildman–Crippen LogP) is 6.01. The molecule has 5 nitrogen and oxygen atoms in total. The Bertz CT molecular complexity index is 1050. The molecule has 4 rings (SSSR count). The number of halogens is 1. The lowest BCUT2D eigenvalue weighted by Gasteiger charge is -2.35. The van der Waals surface area contributed by atoms with Crippen LogP contribution in [0.3, 0.4) is 0 Å². The molecule has 2 aromatic carbocycles. The van der Waals surface area contributed by atoms with Gasteiger partial charge in [-0.05, 0) is 55.3 Å². The van der Waals surface area contributed by atoms with Crippen LogP contribution < -0.4 is 5.32 Å². The molecule has 2 heterocycles. The summed E-state index contributed by atoms with van der Waals surface area (Å²) < 4.78 is 5.85. The van der Waals surface area contributed by atoms with Crippen LogP contribution in [0.4, 0.5) is 5.88 Å². The van der Waals surface area contributed by atoms with Gasteiger partial charge in [-0.2, -0.15) is 10.2 Å². The largest absolute Gasteiger partial charge is 0.420 e. The van der Waals surface area contributed by atoms with Gasteiger partial charge in [0.2, 0.25) is 17.5 Å². The van der Waals surface area contributed by atoms with Crippen molar-refractivity contribution in [2.24, 2.45) is 0 Å². The van der Waals surface area contributed by atoms with Gasteiger partial charge in [0, 0.05) is 17.6 Å². The lowest BCUT2D eigenvalue weighted by Crippen LogP contribution is -2.37. The molecule has 1 saturated heterocycles. The monoisotopic (exact) mass is 432 g/mol. The third-order valence-electron chi connectivity index (χ3n) is 5.51. The van der Waals surface area contributed by atoms with Gasteiger partial charge in [-0.1, -0.05) is 60.5 Å². The molecule has 3 aromatic rings. The first-order valence-electron chi connectivity index (χ1n) is 10.6. The standard InChI is InChI=1S/C25H25ClN4O/c26-21-12-10-20(11-13-21)23(30-15-5-2-6-16-30)18-28-25-22(17-27)29-24(31-25)14-9-19-7-3-1-4-8-19/h1,3-4,7-14,23,28H,2,5-6,15-16,18H2. The van der Waals surface area contributed by atoms with E-state index in [1.807, 2.05) is 48.5 Å². The van der Waals surface area contributed by atoms with Crippen molar-refractivity contribution in [2.75, 3.05) is 25.0 Å². The van der Waals surface area contributed by atoms with Gasteiger partial charge in [-0.15, -0.1) is 0 Å². The highest BCUT2D eigenvalue weighted by Crippen LogP contribution is 2.27. The molecule has 1 fully saturated rings. The molecular formula is C25H25ClN4O. The van der Waals surface area contributed by atoms with E-state index >= 15 is 0 Å². The highest BCUT2D eigenvalue weighted by atomic mass is 35.5. The van der Waals surface area contributed by atoms with Crippen LogP contribution in [0, 0.1) is 11.3 Å². The lowest BCUT2D eigenvalue weighted by atomic mass is 10.0. The van der Waals surface area contributed by atoms with Crippen LogP contribution in [0.1, 0.15) is 48.0 Å². The smallest absolute Gasteiger partial charge is 0.232 e. The summed E-state index contributed by atoms with van der Waals surface area (Å²) in [6, 6.07) is 20.2. The van der Waals surface area contributed by atoms with Crippen LogP contribution in [-0.4, -0.2) is 29.5 Å². The molecule has 1 aromatic heterocycles. The molecule has 31 heavy (non-hydrogen) atoms. The fourth-order valence-electron chi connectivity index (χ4n) is 3.90. The minimum Gasteiger partial charge on any atom is -0.420 e. The zero-order valence-electron chi connectivity index (χ0n) is 17.3. The van der Waals surface area contributed by atoms with E-state index in [1.54, 1.807) is 6.08 Å². The molecule has 1 aliphatic heterocycles. The van der Waals surface area contributed by atoms with Crippen molar-refractivity contribution in [3.05, 3.63) is 82.3 Å². The number of nitriles is 1. The number of anilines is 1. The highest BCUT2D eigenvalue weighted by molar-refractivity contribution is 6.30. The van der Waals surface area contributed by atoms with Gasteiger partial charge in [-0.3, -0.25) is 4.90 Å². The Morgan fingerprint density at radius 3 is 2.52 bits per heavy atom. The summed E-state index contributed by atoms with van der Waals surface area (Å²) in [5.41, 5.74) is 2.50. The molecule has 1 unspecified atom stereocenters. The number of nitrogens with one attached hydrogen (secondary N) is 1. The van der Waals surface area contributed by atoms with Crippen molar-refractivity contribution in [2.45, 2.75) is 25.3 Å². The van der Waals surface area contributed by atoms with Gasteiger partial charge in [0.1, 0.15) is 6.07 Å². The third-order valence-corrected chi connectivity index (χ3v) is 5.76. The second kappa shape index (κ2) is 10.3. The maximum Gasteiger partial charge on any atom is 0.232 e. The molecule has 0 radical (unpaired) electrons. The predicted molar refractivity (Wildman–Crippen MR) is 125 cm³/mol. The van der Waals surface area contributed by atoms with E-state index in [9.17, 15) is 5.26 Å². The van der Waals surface area contributed by atoms with Crippen LogP contribution in [0.25, 0.3) is 12.2 Å². The van der Waals surface area contributed by atoms with Crippen molar-refractivity contribution in [3.63, 3.8) is 0 Å². The van der Waals surface area contributed by atoms with Crippen LogP contribution in [0.15, 0.2) is 59.0 Å². The first-order chi connectivity index (χ1) is 15.2. The molecule has 158 valence electrons. The minimum absolute atomic E-state index is 0.164. The van der Waals surface area contributed by atoms with E-state index in [0.29, 0.717) is 18.3 Å². The van der Waals surface area contributed by atoms with Crippen LogP contribution in [0.2, 0.25) is 5.02 Å². The van der Waals surface area contributed by atoms with E-state index in [-0.39, 0.29) is 11.7 Å². The van der Waals surface area contributed by atoms with Crippen LogP contribution in [-0.2, 0) is 0 Å². The van der Waals surface area contributed by atoms with E-state index < -0.39 is 0 Å².